The van der Waals surface area contributed by atoms with Crippen LogP contribution >= 0.6 is 18.3 Å². The van der Waals surface area contributed by atoms with E-state index in [-0.39, 0.29) is 30.0 Å². The van der Waals surface area contributed by atoms with Crippen LogP contribution in [-0.4, -0.2) is 64.4 Å². The first kappa shape index (κ1) is 31.4. The summed E-state index contributed by atoms with van der Waals surface area (Å²) in [6.07, 6.45) is 1.08. The average molecular weight is 668 g/mol. The van der Waals surface area contributed by atoms with E-state index in [1.165, 1.54) is 10.8 Å². The van der Waals surface area contributed by atoms with Gasteiger partial charge in [0, 0.05) is 37.1 Å². The van der Waals surface area contributed by atoms with Gasteiger partial charge in [0.1, 0.15) is 24.1 Å². The molecular weight excluding hydrogens is 637 g/mol. The Morgan fingerprint density at radius 2 is 1.95 bits per heavy atom. The third-order valence-corrected chi connectivity index (χ3v) is 9.81. The Labute approximate surface area is 262 Å². The van der Waals surface area contributed by atoms with Gasteiger partial charge in [-0.25, -0.2) is 4.79 Å². The predicted molar refractivity (Wildman–Crippen MR) is 160 cm³/mol. The molecule has 3 saturated heterocycles. The molecule has 0 aliphatic carbocycles. The number of halogens is 1. The normalized spacial score (nSPS) is 28.3. The van der Waals surface area contributed by atoms with E-state index in [9.17, 15) is 4.79 Å². The first-order chi connectivity index (χ1) is 21.3. The molecule has 0 bridgehead atoms. The molecule has 236 valence electrons. The van der Waals surface area contributed by atoms with Gasteiger partial charge in [0.2, 0.25) is 5.88 Å². The zero-order valence-corrected chi connectivity index (χ0v) is 25.8. The van der Waals surface area contributed by atoms with Crippen LogP contribution in [0.5, 0.6) is 11.6 Å². The van der Waals surface area contributed by atoms with Crippen molar-refractivity contribution < 1.29 is 42.9 Å². The lowest BCUT2D eigenvalue weighted by molar-refractivity contribution is -0.214. The highest BCUT2D eigenvalue weighted by Crippen LogP contribution is 2.58. The molecule has 16 heteroatoms. The number of hydrogen-bond donors (Lipinski definition) is 2. The number of nitrogens with zero attached hydrogens (tertiary/aromatic N) is 3. The highest BCUT2D eigenvalue weighted by atomic mass is 35.5. The van der Waals surface area contributed by atoms with Crippen molar-refractivity contribution in [2.75, 3.05) is 25.0 Å². The number of para-hydroxylation sites is 1. The maximum absolute atomic E-state index is 13.2. The quantitative estimate of drug-likeness (QED) is 0.229. The first-order valence-corrected chi connectivity index (χ1v) is 17.0. The highest BCUT2D eigenvalue weighted by Gasteiger charge is 2.54. The van der Waals surface area contributed by atoms with Crippen LogP contribution in [0.2, 0.25) is 5.02 Å². The maximum Gasteiger partial charge on any atom is 0.381 e. The van der Waals surface area contributed by atoms with Crippen LogP contribution < -0.4 is 20.2 Å². The summed E-state index contributed by atoms with van der Waals surface area (Å²) in [4.78, 5) is 17.3. The van der Waals surface area contributed by atoms with Crippen molar-refractivity contribution in [3.05, 3.63) is 81.9 Å². The van der Waals surface area contributed by atoms with Crippen LogP contribution in [0, 0.1) is 0 Å². The van der Waals surface area contributed by atoms with Crippen molar-refractivity contribution in [3.63, 3.8) is 0 Å². The molecule has 0 amide bonds. The summed E-state index contributed by atoms with van der Waals surface area (Å²) >= 11 is 12.0. The molecule has 2 N–H and O–H groups in total. The number of hydrogen-bond acceptors (Lipinski definition) is 13. The lowest BCUT2D eigenvalue weighted by Crippen LogP contribution is -2.44. The molecule has 3 fully saturated rings. The Morgan fingerprint density at radius 1 is 1.14 bits per heavy atom. The molecule has 0 saturated carbocycles. The number of benzene rings is 2. The van der Waals surface area contributed by atoms with Gasteiger partial charge in [0.25, 0.3) is 0 Å². The highest BCUT2D eigenvalue weighted by molar-refractivity contribution is 8.07. The second kappa shape index (κ2) is 13.8. The molecule has 3 aliphatic rings. The molecule has 13 nitrogen and oxygen atoms in total. The molecule has 4 unspecified atom stereocenters. The molecule has 0 spiro atoms. The monoisotopic (exact) mass is 667 g/mol. The minimum absolute atomic E-state index is 0.0443. The van der Waals surface area contributed by atoms with Crippen molar-refractivity contribution in [2.24, 2.45) is 0 Å². The van der Waals surface area contributed by atoms with Crippen molar-refractivity contribution >= 4 is 35.8 Å². The summed E-state index contributed by atoms with van der Waals surface area (Å²) in [5.74, 6) is 0.487. The Balaban J connectivity index is 1.17. The summed E-state index contributed by atoms with van der Waals surface area (Å²) in [5, 5.41) is 18.6. The van der Waals surface area contributed by atoms with Gasteiger partial charge in [-0.05, 0) is 49.1 Å². The summed E-state index contributed by atoms with van der Waals surface area (Å²) in [6.45, 7) is -2.44. The smallest absolute Gasteiger partial charge is 0.381 e. The van der Waals surface area contributed by atoms with Crippen molar-refractivity contribution in [1.29, 1.82) is 0 Å². The fraction of sp³-hybridized carbons (Fsp3) is 0.429. The Morgan fingerprint density at radius 3 is 2.68 bits per heavy atom. The van der Waals surface area contributed by atoms with E-state index in [0.717, 1.165) is 18.4 Å². The molecule has 1 aromatic heterocycles. The number of ether oxygens (including phenoxy) is 4. The lowest BCUT2D eigenvalue weighted by atomic mass is 10.1. The van der Waals surface area contributed by atoms with Gasteiger partial charge in [-0.2, -0.15) is 4.98 Å². The Hall–Kier alpha value is -2.62. The van der Waals surface area contributed by atoms with Crippen LogP contribution in [0.25, 0.3) is 0 Å². The van der Waals surface area contributed by atoms with Gasteiger partial charge in [-0.3, -0.25) is 24.0 Å². The van der Waals surface area contributed by atoms with Gasteiger partial charge >= 0.3 is 12.4 Å². The van der Waals surface area contributed by atoms with Gasteiger partial charge in [0.15, 0.2) is 12.5 Å². The van der Waals surface area contributed by atoms with Gasteiger partial charge in [-0.15, -0.1) is 5.23 Å². The standard InChI is InChI=1S/C28H31ClN3O10PS/c29-20-5-1-2-6-21(20)41-43(44)38-17-22-25(42-43)26(40-24-7-3-4-15-37-24)27(39-22)31-14-12-23(30-28(31)33)36-16-13-18-8-10-19(11-9-18)32(34)35/h1-2,5-6,8-12,14,22,24-27,34-35H,3-4,7,13,15-17H2/t22-,24?,25?,26?,27-,43?/m1/s1. The summed E-state index contributed by atoms with van der Waals surface area (Å²) in [6, 6.07) is 15.1. The summed E-state index contributed by atoms with van der Waals surface area (Å²) in [5.41, 5.74) is 0.529. The van der Waals surface area contributed by atoms with E-state index in [1.807, 2.05) is 0 Å². The minimum atomic E-state index is -3.31. The molecule has 6 atom stereocenters. The average Bonchev–Trinajstić information content (AvgIpc) is 3.35. The maximum atomic E-state index is 13.2. The molecule has 3 aliphatic heterocycles. The number of fused-ring (bicyclic) bond motifs is 1. The van der Waals surface area contributed by atoms with Crippen LogP contribution in [0.4, 0.5) is 5.69 Å². The Bertz CT molecular complexity index is 1540. The van der Waals surface area contributed by atoms with E-state index in [2.05, 4.69) is 4.98 Å². The molecule has 2 aromatic carbocycles. The molecule has 4 heterocycles. The minimum Gasteiger partial charge on any atom is -0.477 e. The van der Waals surface area contributed by atoms with Crippen LogP contribution in [0.15, 0.2) is 65.6 Å². The zero-order valence-electron chi connectivity index (χ0n) is 23.3. The van der Waals surface area contributed by atoms with Crippen molar-refractivity contribution in [3.8, 4) is 11.6 Å². The van der Waals surface area contributed by atoms with Gasteiger partial charge < -0.3 is 23.5 Å². The third-order valence-electron chi connectivity index (χ3n) is 7.31. The van der Waals surface area contributed by atoms with Crippen molar-refractivity contribution in [2.45, 2.75) is 56.5 Å². The van der Waals surface area contributed by atoms with E-state index < -0.39 is 43.2 Å². The predicted octanol–water partition coefficient (Wildman–Crippen LogP) is 4.63. The topological polar surface area (TPSA) is 143 Å². The summed E-state index contributed by atoms with van der Waals surface area (Å²) < 4.78 is 43.6. The Kier molecular flexibility index (Phi) is 9.83. The zero-order chi connectivity index (χ0) is 30.7. The van der Waals surface area contributed by atoms with Crippen LogP contribution in [0.3, 0.4) is 0 Å². The molecule has 6 rings (SSSR count). The van der Waals surface area contributed by atoms with E-state index in [1.54, 1.807) is 54.6 Å². The fourth-order valence-electron chi connectivity index (χ4n) is 5.10. The number of anilines is 1. The van der Waals surface area contributed by atoms with E-state index in [4.69, 9.17) is 66.3 Å². The van der Waals surface area contributed by atoms with Crippen LogP contribution in [-0.2, 0) is 41.5 Å². The van der Waals surface area contributed by atoms with E-state index >= 15 is 0 Å². The molecule has 0 radical (unpaired) electrons. The summed E-state index contributed by atoms with van der Waals surface area (Å²) in [7, 11) is 0. The van der Waals surface area contributed by atoms with Gasteiger partial charge in [0.05, 0.1) is 23.9 Å². The third kappa shape index (κ3) is 7.26. The molecular formula is C28H31ClN3O10PS. The molecule has 44 heavy (non-hydrogen) atoms. The van der Waals surface area contributed by atoms with Gasteiger partial charge in [-0.1, -0.05) is 35.9 Å². The largest absolute Gasteiger partial charge is 0.477 e. The first-order valence-electron chi connectivity index (χ1n) is 14.1. The molecule has 3 aromatic rings. The number of rotatable bonds is 10. The van der Waals surface area contributed by atoms with Crippen LogP contribution in [0.1, 0.15) is 31.1 Å². The second-order valence-electron chi connectivity index (χ2n) is 10.3. The second-order valence-corrected chi connectivity index (χ2v) is 13.6. The van der Waals surface area contributed by atoms with E-state index in [0.29, 0.717) is 30.2 Å². The fourth-order valence-corrected chi connectivity index (χ4v) is 7.49. The van der Waals surface area contributed by atoms with Crippen molar-refractivity contribution in [1.82, 2.24) is 9.55 Å². The lowest BCUT2D eigenvalue weighted by Gasteiger charge is -2.36. The number of aromatic nitrogens is 2. The SMILES string of the molecule is O=c1nc(OCCc2ccc(N(O)O)cc2)ccn1[C@@H]1O[C@@H]2COP(=S)(Oc3ccccc3Cl)OC2C1OC1CCCCO1.